The van der Waals surface area contributed by atoms with Crippen LogP contribution in [0.3, 0.4) is 0 Å². The van der Waals surface area contributed by atoms with Crippen LogP contribution in [0.15, 0.2) is 22.9 Å². The van der Waals surface area contributed by atoms with Crippen molar-refractivity contribution < 1.29 is 9.59 Å². The highest BCUT2D eigenvalue weighted by molar-refractivity contribution is 8.00. The number of carbonyl (C=O) groups excluding carboxylic acids is 2. The van der Waals surface area contributed by atoms with Gasteiger partial charge in [-0.3, -0.25) is 9.59 Å². The van der Waals surface area contributed by atoms with E-state index in [-0.39, 0.29) is 17.6 Å². The molecule has 5 nitrogen and oxygen atoms in total. The van der Waals surface area contributed by atoms with Gasteiger partial charge in [0.2, 0.25) is 11.8 Å². The van der Waals surface area contributed by atoms with E-state index in [1.165, 1.54) is 29.5 Å². The normalized spacial score (nSPS) is 17.5. The van der Waals surface area contributed by atoms with Gasteiger partial charge in [-0.25, -0.2) is 4.98 Å². The number of nitrogens with zero attached hydrogens (tertiary/aromatic N) is 2. The van der Waals surface area contributed by atoms with E-state index in [1.54, 1.807) is 11.3 Å². The standard InChI is InChI=1S/C17H21N3O2S3/c1-12-4-2-6-20(8-12)16(22)11-23-10-15(21)19-17-18-13(9-25-17)14-5-3-7-24-14/h3,5,7,9,12H,2,4,6,8,10-11H2,1H3,(H,18,19,21)/t12-/m0/s1. The molecule has 1 atom stereocenters. The lowest BCUT2D eigenvalue weighted by Crippen LogP contribution is -2.40. The molecule has 0 aliphatic carbocycles. The number of thiazole rings is 1. The summed E-state index contributed by atoms with van der Waals surface area (Å²) in [6, 6.07) is 3.99. The van der Waals surface area contributed by atoms with E-state index in [2.05, 4.69) is 17.2 Å². The van der Waals surface area contributed by atoms with Crippen molar-refractivity contribution in [2.45, 2.75) is 19.8 Å². The summed E-state index contributed by atoms with van der Waals surface area (Å²) in [5.74, 6) is 1.23. The maximum atomic E-state index is 12.2. The van der Waals surface area contributed by atoms with E-state index >= 15 is 0 Å². The molecule has 0 unspecified atom stereocenters. The summed E-state index contributed by atoms with van der Waals surface area (Å²) in [6.45, 7) is 3.87. The molecule has 2 aromatic rings. The van der Waals surface area contributed by atoms with Gasteiger partial charge in [0.15, 0.2) is 5.13 Å². The molecular weight excluding hydrogens is 374 g/mol. The van der Waals surface area contributed by atoms with Crippen molar-refractivity contribution in [1.29, 1.82) is 0 Å². The molecule has 8 heteroatoms. The predicted octanol–water partition coefficient (Wildman–Crippen LogP) is 3.80. The Bertz CT molecular complexity index is 715. The third-order valence-electron chi connectivity index (χ3n) is 3.99. The van der Waals surface area contributed by atoms with Crippen molar-refractivity contribution >= 4 is 51.4 Å². The Morgan fingerprint density at radius 2 is 2.28 bits per heavy atom. The molecule has 1 fully saturated rings. The van der Waals surface area contributed by atoms with E-state index in [0.717, 1.165) is 30.1 Å². The second kappa shape index (κ2) is 8.82. The quantitative estimate of drug-likeness (QED) is 0.808. The first-order valence-electron chi connectivity index (χ1n) is 8.26. The van der Waals surface area contributed by atoms with Crippen LogP contribution in [0, 0.1) is 5.92 Å². The third-order valence-corrected chi connectivity index (χ3v) is 6.56. The van der Waals surface area contributed by atoms with Gasteiger partial charge < -0.3 is 10.2 Å². The number of anilines is 1. The summed E-state index contributed by atoms with van der Waals surface area (Å²) in [5, 5.41) is 7.36. The SMILES string of the molecule is C[C@H]1CCCN(C(=O)CSCC(=O)Nc2nc(-c3cccs3)cs2)C1. The van der Waals surface area contributed by atoms with Crippen molar-refractivity contribution in [1.82, 2.24) is 9.88 Å². The van der Waals surface area contributed by atoms with E-state index in [9.17, 15) is 9.59 Å². The molecule has 1 N–H and O–H groups in total. The van der Waals surface area contributed by atoms with Crippen molar-refractivity contribution in [2.75, 3.05) is 29.9 Å². The topological polar surface area (TPSA) is 62.3 Å². The summed E-state index contributed by atoms with van der Waals surface area (Å²) in [7, 11) is 0. The average Bonchev–Trinajstić information content (AvgIpc) is 3.26. The monoisotopic (exact) mass is 395 g/mol. The highest BCUT2D eigenvalue weighted by Crippen LogP contribution is 2.28. The Kier molecular flexibility index (Phi) is 6.50. The number of thiophene rings is 1. The van der Waals surface area contributed by atoms with Gasteiger partial charge >= 0.3 is 0 Å². The number of nitrogens with one attached hydrogen (secondary N) is 1. The largest absolute Gasteiger partial charge is 0.342 e. The first-order valence-corrected chi connectivity index (χ1v) is 11.2. The zero-order valence-corrected chi connectivity index (χ0v) is 16.5. The lowest BCUT2D eigenvalue weighted by Gasteiger charge is -2.30. The van der Waals surface area contributed by atoms with E-state index in [4.69, 9.17) is 0 Å². The molecule has 1 saturated heterocycles. The highest BCUT2D eigenvalue weighted by atomic mass is 32.2. The first kappa shape index (κ1) is 18.4. The summed E-state index contributed by atoms with van der Waals surface area (Å²) in [4.78, 5) is 31.7. The molecule has 0 aromatic carbocycles. The number of hydrogen-bond acceptors (Lipinski definition) is 6. The fraction of sp³-hybridized carbons (Fsp3) is 0.471. The molecule has 2 amide bonds. The van der Waals surface area contributed by atoms with Gasteiger partial charge in [-0.2, -0.15) is 0 Å². The van der Waals surface area contributed by atoms with Crippen LogP contribution < -0.4 is 5.32 Å². The van der Waals surface area contributed by atoms with Gasteiger partial charge in [-0.1, -0.05) is 13.0 Å². The van der Waals surface area contributed by atoms with E-state index < -0.39 is 0 Å². The zero-order chi connectivity index (χ0) is 17.6. The van der Waals surface area contributed by atoms with Gasteiger partial charge in [0.1, 0.15) is 0 Å². The van der Waals surface area contributed by atoms with Crippen LogP contribution in [0.5, 0.6) is 0 Å². The lowest BCUT2D eigenvalue weighted by molar-refractivity contribution is -0.130. The molecule has 134 valence electrons. The number of hydrogen-bond donors (Lipinski definition) is 1. The van der Waals surface area contributed by atoms with E-state index in [0.29, 0.717) is 16.8 Å². The minimum Gasteiger partial charge on any atom is -0.342 e. The first-order chi connectivity index (χ1) is 12.1. The molecule has 1 aliphatic heterocycles. The molecule has 3 heterocycles. The van der Waals surface area contributed by atoms with E-state index in [1.807, 2.05) is 27.8 Å². The van der Waals surface area contributed by atoms with Gasteiger partial charge in [0.05, 0.1) is 22.1 Å². The second-order valence-corrected chi connectivity index (χ2v) is 8.93. The van der Waals surface area contributed by atoms with Crippen molar-refractivity contribution in [2.24, 2.45) is 5.92 Å². The Morgan fingerprint density at radius 3 is 3.04 bits per heavy atom. The molecule has 2 aromatic heterocycles. The fourth-order valence-electron chi connectivity index (χ4n) is 2.76. The summed E-state index contributed by atoms with van der Waals surface area (Å²) in [6.07, 6.45) is 2.27. The molecule has 0 saturated carbocycles. The maximum Gasteiger partial charge on any atom is 0.236 e. The van der Waals surface area contributed by atoms with Gasteiger partial charge in [-0.05, 0) is 30.2 Å². The summed E-state index contributed by atoms with van der Waals surface area (Å²) >= 11 is 4.41. The number of likely N-dealkylation sites (tertiary alicyclic amines) is 1. The van der Waals surface area contributed by atoms with Crippen LogP contribution in [0.2, 0.25) is 0 Å². The van der Waals surface area contributed by atoms with Crippen LogP contribution in [0.1, 0.15) is 19.8 Å². The Morgan fingerprint density at radius 1 is 1.40 bits per heavy atom. The van der Waals surface area contributed by atoms with Crippen LogP contribution in [0.4, 0.5) is 5.13 Å². The predicted molar refractivity (Wildman–Crippen MR) is 106 cm³/mol. The smallest absolute Gasteiger partial charge is 0.236 e. The summed E-state index contributed by atoms with van der Waals surface area (Å²) in [5.41, 5.74) is 0.886. The number of aromatic nitrogens is 1. The fourth-order valence-corrected chi connectivity index (χ4v) is 4.97. The number of amides is 2. The molecule has 0 spiro atoms. The third kappa shape index (κ3) is 5.29. The van der Waals surface area contributed by atoms with Crippen molar-refractivity contribution in [3.05, 3.63) is 22.9 Å². The van der Waals surface area contributed by atoms with Crippen LogP contribution >= 0.6 is 34.4 Å². The summed E-state index contributed by atoms with van der Waals surface area (Å²) < 4.78 is 0. The Labute approximate surface area is 159 Å². The highest BCUT2D eigenvalue weighted by Gasteiger charge is 2.20. The minimum absolute atomic E-state index is 0.114. The number of rotatable bonds is 6. The molecule has 3 rings (SSSR count). The van der Waals surface area contributed by atoms with Crippen LogP contribution in [-0.4, -0.2) is 46.3 Å². The Hall–Kier alpha value is -1.38. The van der Waals surface area contributed by atoms with Gasteiger partial charge in [0, 0.05) is 18.5 Å². The number of thioether (sulfide) groups is 1. The van der Waals surface area contributed by atoms with Crippen molar-refractivity contribution in [3.63, 3.8) is 0 Å². The molecule has 0 bridgehead atoms. The zero-order valence-electron chi connectivity index (χ0n) is 14.1. The van der Waals surface area contributed by atoms with Crippen LogP contribution in [0.25, 0.3) is 10.6 Å². The van der Waals surface area contributed by atoms with Gasteiger partial charge in [0.25, 0.3) is 0 Å². The average molecular weight is 396 g/mol. The lowest BCUT2D eigenvalue weighted by atomic mass is 10.0. The minimum atomic E-state index is -0.114. The van der Waals surface area contributed by atoms with Gasteiger partial charge in [-0.15, -0.1) is 34.4 Å². The number of carbonyl (C=O) groups is 2. The van der Waals surface area contributed by atoms with Crippen LogP contribution in [-0.2, 0) is 9.59 Å². The molecule has 25 heavy (non-hydrogen) atoms. The molecule has 0 radical (unpaired) electrons. The maximum absolute atomic E-state index is 12.2. The molecule has 1 aliphatic rings. The molecular formula is C17H21N3O2S3. The Balaban J connectivity index is 1.40. The van der Waals surface area contributed by atoms with Crippen molar-refractivity contribution in [3.8, 4) is 10.6 Å². The second-order valence-electron chi connectivity index (χ2n) is 6.14. The number of piperidine rings is 1.